The van der Waals surface area contributed by atoms with E-state index in [1.165, 1.54) is 107 Å². The number of hydrogen-bond donors (Lipinski definition) is 0. The van der Waals surface area contributed by atoms with E-state index >= 15 is 0 Å². The molecule has 2 aliphatic heterocycles. The zero-order valence-corrected chi connectivity index (χ0v) is 98.1. The van der Waals surface area contributed by atoms with Crippen molar-refractivity contribution < 1.29 is 22.1 Å². The fraction of sp³-hybridized carbons (Fsp3) is 0.623. The second-order valence-electron chi connectivity index (χ2n) is 44.8. The average Bonchev–Trinajstić information content (AvgIpc) is 1.69. The number of aryl methyl sites for hydroxylation is 11. The number of imidazole rings is 2. The van der Waals surface area contributed by atoms with Crippen molar-refractivity contribution >= 4 is 57.3 Å². The van der Waals surface area contributed by atoms with Crippen LogP contribution in [0.4, 0.5) is 13.2 Å². The Morgan fingerprint density at radius 2 is 1.15 bits per heavy atom. The van der Waals surface area contributed by atoms with Crippen LogP contribution in [0.2, 0.25) is 0 Å². The van der Waals surface area contributed by atoms with Gasteiger partial charge in [0.25, 0.3) is 0 Å². The average molecular weight is 2060 g/mol. The number of alkyl halides is 3. The highest BCUT2D eigenvalue weighted by Crippen LogP contribution is 2.45. The van der Waals surface area contributed by atoms with Crippen molar-refractivity contribution in [2.45, 2.75) is 452 Å². The lowest BCUT2D eigenvalue weighted by atomic mass is 9.89. The number of thiazole rings is 3. The maximum absolute atomic E-state index is 11.9. The van der Waals surface area contributed by atoms with E-state index in [0.717, 1.165) is 59.2 Å². The second kappa shape index (κ2) is 60.7. The number of allylic oxidation sites excluding steroid dienone is 3. The Hall–Kier alpha value is -9.32. The zero-order chi connectivity index (χ0) is 107. The molecule has 800 valence electrons. The summed E-state index contributed by atoms with van der Waals surface area (Å²) in [6.07, 6.45) is 30.2. The standard InChI is InChI=1S/C11H16S.2C9H15NS.C8H12F3N3.C8H12N2O.C8H12N2.3C8H14N2.C8H13NS.2C7H11N.C7H10O.C6H10N2.2CH4/c1-11(2,3)10-7-6-9(12-10)8-4-5-8;1-6-8(9(3,4)5)10-7(2)11-6;1-6-8(9(3,4)5)11-7(2)10-6;1-7(2,3)6-4-12-14(13-6)5-8(9,10)11;1-5(2)7-9-8(11-10-7)6-3-4-6;1-8(2,3)7-4-9-6-10-5-7;1-6(2)10-5-7(3)9-8(10)4;1-6(2)10-5-7(3)8(4)9-10;1-6(2)10-8(4)5-7(3)9-10;1-6-5-10-7(9-6)8(2,3)4;2*1-6(2)7-4-3-5-8-7;1-6(2)7-3-4-8-5-7;1-6(2)8-4-3-7-5-8;;/h6-8H,4-5H2,1-3H3;2*1-5H3;4H,5H2,1-3H3;5-6H,3-4H2,1-2H3;4-6H,1-3H3;3*5-6H,1-4H3;5H,1-4H3;4-6H,3H2,1-2H3;3-4,6H,5H2,1-2H3;2*3-6H,1-2H3;2*1H4. The number of aliphatic imine (C=N–C) groups is 2. The summed E-state index contributed by atoms with van der Waals surface area (Å²) >= 11 is 7.35. The number of hydrogen-bond acceptors (Lipinski definition) is 21. The van der Waals surface area contributed by atoms with E-state index in [1.54, 1.807) is 52.6 Å². The van der Waals surface area contributed by atoms with Crippen molar-refractivity contribution in [3.63, 3.8) is 0 Å². The lowest BCUT2D eigenvalue weighted by molar-refractivity contribution is -0.145. The predicted molar refractivity (Wildman–Crippen MR) is 604 cm³/mol. The lowest BCUT2D eigenvalue weighted by Gasteiger charge is -2.16. The van der Waals surface area contributed by atoms with Crippen LogP contribution in [-0.4, -0.2) is 113 Å². The van der Waals surface area contributed by atoms with Crippen LogP contribution in [0.5, 0.6) is 0 Å². The minimum Gasteiger partial charge on any atom is -0.472 e. The molecule has 0 saturated heterocycles. The van der Waals surface area contributed by atoms with E-state index < -0.39 is 12.7 Å². The van der Waals surface area contributed by atoms with Gasteiger partial charge in [-0.15, -0.1) is 45.3 Å². The Morgan fingerprint density at radius 1 is 0.538 bits per heavy atom. The molecule has 2 aliphatic carbocycles. The largest absolute Gasteiger partial charge is 0.472 e. The van der Waals surface area contributed by atoms with Gasteiger partial charge in [0.15, 0.2) is 12.4 Å². The van der Waals surface area contributed by atoms with Crippen LogP contribution < -0.4 is 0 Å². The fourth-order valence-corrected chi connectivity index (χ4v) is 17.0. The predicted octanol–water partition coefficient (Wildman–Crippen LogP) is 33.8. The third kappa shape index (κ3) is 51.5. The van der Waals surface area contributed by atoms with Crippen LogP contribution in [0.1, 0.15) is 445 Å². The van der Waals surface area contributed by atoms with E-state index in [1.807, 2.05) is 125 Å². The molecule has 0 atom stereocenters. The van der Waals surface area contributed by atoms with Crippen LogP contribution in [0.25, 0.3) is 0 Å². The number of furan rings is 1. The van der Waals surface area contributed by atoms with Gasteiger partial charge in [0.2, 0.25) is 5.89 Å². The highest BCUT2D eigenvalue weighted by Gasteiger charge is 2.32. The van der Waals surface area contributed by atoms with Gasteiger partial charge >= 0.3 is 6.18 Å². The molecule has 0 spiro atoms. The smallest absolute Gasteiger partial charge is 0.409 e. The molecule has 22 nitrogen and oxygen atoms in total. The molecule has 0 aromatic carbocycles. The molecule has 4 aliphatic rings. The van der Waals surface area contributed by atoms with Crippen molar-refractivity contribution in [2.24, 2.45) is 21.8 Å². The molecular formula is C114H187F3N20O2S4. The highest BCUT2D eigenvalue weighted by molar-refractivity contribution is 7.12. The van der Waals surface area contributed by atoms with E-state index in [9.17, 15) is 13.2 Å². The lowest BCUT2D eigenvalue weighted by Crippen LogP contribution is -2.20. The maximum atomic E-state index is 11.9. The first kappa shape index (κ1) is 132. The molecule has 29 heteroatoms. The summed E-state index contributed by atoms with van der Waals surface area (Å²) in [4.78, 5) is 48.7. The van der Waals surface area contributed by atoms with Gasteiger partial charge in [-0.05, 0) is 244 Å². The van der Waals surface area contributed by atoms with Gasteiger partial charge in [-0.1, -0.05) is 212 Å². The van der Waals surface area contributed by atoms with Gasteiger partial charge < -0.3 is 18.1 Å². The molecule has 12 aromatic heterocycles. The molecule has 0 unspecified atom stereocenters. The summed E-state index contributed by atoms with van der Waals surface area (Å²) in [6, 6.07) is 10.7. The SMILES string of the molecule is C.C.CC(C)(C)c1ccc(C2CC2)s1.CC(C)(C)c1cncnc1.CC(C)(C)c1cnn(CC(F)(F)F)n1.CC(C)C1=CCC=N1.CC(C)C1=NCC=C1.CC(C)c1ccoc1.CC(C)c1noc(C2CC2)n1.CC(C)n1ccnc1.Cc1cc(C)n(C(C)C)n1.Cc1cn(C(C)C)c(C)n1.Cc1cn(C(C)C)nc1C.Cc1csc(C(C)(C)C)n1.Cc1nc(C(C)(C)C)c(C)s1.Cc1nc(C)c(C(C)(C)C)s1. The molecule has 12 aromatic rings. The Kier molecular flexibility index (Phi) is 55.9. The molecule has 0 bridgehead atoms. The minimum atomic E-state index is -4.27. The van der Waals surface area contributed by atoms with Gasteiger partial charge in [0.1, 0.15) is 12.2 Å². The highest BCUT2D eigenvalue weighted by atomic mass is 32.1. The van der Waals surface area contributed by atoms with Gasteiger partial charge in [-0.25, -0.2) is 34.9 Å². The van der Waals surface area contributed by atoms with E-state index in [0.29, 0.717) is 69.7 Å². The van der Waals surface area contributed by atoms with Gasteiger partial charge in [0.05, 0.1) is 80.8 Å². The number of nitrogens with zero attached hydrogens (tertiary/aromatic N) is 20. The Labute approximate surface area is 878 Å². The van der Waals surface area contributed by atoms with E-state index in [4.69, 9.17) is 8.94 Å². The van der Waals surface area contributed by atoms with Gasteiger partial charge in [-0.3, -0.25) is 19.3 Å². The van der Waals surface area contributed by atoms with Crippen molar-refractivity contribution in [3.05, 3.63) is 236 Å². The third-order valence-corrected chi connectivity index (χ3v) is 26.9. The first-order valence-corrected chi connectivity index (χ1v) is 53.3. The van der Waals surface area contributed by atoms with Crippen LogP contribution in [0, 0.1) is 88.0 Å². The summed E-state index contributed by atoms with van der Waals surface area (Å²) in [5.41, 5.74) is 15.8. The Bertz CT molecular complexity index is 5380. The zero-order valence-electron chi connectivity index (χ0n) is 94.8. The normalized spacial score (nSPS) is 13.1. The molecule has 14 heterocycles. The van der Waals surface area contributed by atoms with Gasteiger partial charge in [-0.2, -0.15) is 43.3 Å². The van der Waals surface area contributed by atoms with Crippen molar-refractivity contribution in [1.82, 2.24) is 88.7 Å². The van der Waals surface area contributed by atoms with Crippen LogP contribution in [0.3, 0.4) is 0 Å². The molecule has 16 rings (SSSR count). The number of rotatable bonds is 11. The van der Waals surface area contributed by atoms with Crippen molar-refractivity contribution in [3.8, 4) is 0 Å². The number of thiophene rings is 1. The van der Waals surface area contributed by atoms with Crippen molar-refractivity contribution in [2.75, 3.05) is 6.54 Å². The summed E-state index contributed by atoms with van der Waals surface area (Å²) in [6.45, 7) is 95.4. The molecule has 2 saturated carbocycles. The molecule has 0 radical (unpaired) electrons. The van der Waals surface area contributed by atoms with Gasteiger partial charge in [0, 0.05) is 150 Å². The molecular weight excluding hydrogens is 1870 g/mol. The Balaban J connectivity index is 0.000000771. The second-order valence-corrected chi connectivity index (χ2v) is 49.4. The quantitative estimate of drug-likeness (QED) is 0.117. The number of halogens is 3. The minimum absolute atomic E-state index is 0. The monoisotopic (exact) mass is 2050 g/mol. The van der Waals surface area contributed by atoms with E-state index in [2.05, 4.69) is 395 Å². The fourth-order valence-electron chi connectivity index (χ4n) is 12.9. The first-order valence-electron chi connectivity index (χ1n) is 50.0. The maximum Gasteiger partial charge on any atom is 0.409 e. The summed E-state index contributed by atoms with van der Waals surface area (Å²) < 4.78 is 54.1. The van der Waals surface area contributed by atoms with Crippen molar-refractivity contribution in [1.29, 1.82) is 0 Å². The summed E-state index contributed by atoms with van der Waals surface area (Å²) in [7, 11) is 0. The molecule has 2 fully saturated rings. The van der Waals surface area contributed by atoms with Crippen LogP contribution >= 0.6 is 45.3 Å². The third-order valence-electron chi connectivity index (χ3n) is 21.4. The molecule has 0 N–H and O–H groups in total. The summed E-state index contributed by atoms with van der Waals surface area (Å²) in [5.74, 6) is 6.47. The first-order chi connectivity index (χ1) is 65.0. The number of aromatic nitrogens is 18. The summed E-state index contributed by atoms with van der Waals surface area (Å²) in [5, 5.41) is 25.5. The van der Waals surface area contributed by atoms with Crippen LogP contribution in [0.15, 0.2) is 141 Å². The molecule has 0 amide bonds. The molecule has 143 heavy (non-hydrogen) atoms. The Morgan fingerprint density at radius 3 is 1.41 bits per heavy atom. The topological polar surface area (TPSA) is 243 Å². The van der Waals surface area contributed by atoms with E-state index in [-0.39, 0.29) is 41.9 Å². The van der Waals surface area contributed by atoms with Crippen LogP contribution in [-0.2, 0) is 39.0 Å².